The van der Waals surface area contributed by atoms with Gasteiger partial charge < -0.3 is 15.4 Å². The van der Waals surface area contributed by atoms with Crippen LogP contribution in [0.3, 0.4) is 0 Å². The fraction of sp³-hybridized carbons (Fsp3) is 0.333. The Balaban J connectivity index is 1.77. The number of amides is 1. The fourth-order valence-corrected chi connectivity index (χ4v) is 3.34. The van der Waals surface area contributed by atoms with Crippen molar-refractivity contribution < 1.29 is 18.3 Å². The summed E-state index contributed by atoms with van der Waals surface area (Å²) in [7, 11) is 0. The molecule has 0 atom stereocenters. The van der Waals surface area contributed by atoms with Gasteiger partial charge in [0, 0.05) is 34.8 Å². The van der Waals surface area contributed by atoms with E-state index in [1.165, 1.54) is 12.3 Å². The zero-order valence-corrected chi connectivity index (χ0v) is 15.7. The van der Waals surface area contributed by atoms with Gasteiger partial charge in [0.05, 0.1) is 12.1 Å². The smallest absolute Gasteiger partial charge is 0.265 e. The van der Waals surface area contributed by atoms with Crippen molar-refractivity contribution in [3.63, 3.8) is 0 Å². The Hall–Kier alpha value is -2.12. The molecule has 0 spiro atoms. The van der Waals surface area contributed by atoms with E-state index < -0.39 is 18.4 Å². The second-order valence-corrected chi connectivity index (χ2v) is 7.10. The number of anilines is 1. The number of likely N-dealkylation sites (tertiary alicyclic amines) is 1. The summed E-state index contributed by atoms with van der Waals surface area (Å²) < 4.78 is 32.8. The molecular weight excluding hydrogens is 399 g/mol. The standard InChI is InChI=1S/C18H17Cl2F2N3O2/c19-13-3-1-4-14(20)12(13)9-27-15-7-11(8-24-16(15)23)17(26)25-6-2-5-18(21,22)10-25/h1,3-4,7-8H,2,5-6,9-10H2,(H2,23,24). The molecule has 2 N–H and O–H groups in total. The van der Waals surface area contributed by atoms with E-state index in [4.69, 9.17) is 33.7 Å². The van der Waals surface area contributed by atoms with Gasteiger partial charge in [-0.15, -0.1) is 0 Å². The Morgan fingerprint density at radius 2 is 2.04 bits per heavy atom. The molecule has 0 radical (unpaired) electrons. The molecule has 0 bridgehead atoms. The van der Waals surface area contributed by atoms with Crippen molar-refractivity contribution in [1.29, 1.82) is 0 Å². The number of ether oxygens (including phenoxy) is 1. The third-order valence-corrected chi connectivity index (χ3v) is 4.95. The average Bonchev–Trinajstić information content (AvgIpc) is 2.61. The first-order chi connectivity index (χ1) is 12.8. The molecule has 1 aliphatic heterocycles. The van der Waals surface area contributed by atoms with Gasteiger partial charge in [-0.25, -0.2) is 13.8 Å². The zero-order chi connectivity index (χ0) is 19.6. The van der Waals surface area contributed by atoms with Crippen LogP contribution in [0.2, 0.25) is 10.0 Å². The first-order valence-corrected chi connectivity index (χ1v) is 9.01. The maximum Gasteiger partial charge on any atom is 0.265 e. The summed E-state index contributed by atoms with van der Waals surface area (Å²) >= 11 is 12.2. The number of aromatic nitrogens is 1. The maximum atomic E-state index is 13.6. The first-order valence-electron chi connectivity index (χ1n) is 8.25. The second kappa shape index (κ2) is 7.86. The van der Waals surface area contributed by atoms with E-state index in [0.717, 1.165) is 4.90 Å². The number of pyridine rings is 1. The van der Waals surface area contributed by atoms with E-state index >= 15 is 0 Å². The predicted molar refractivity (Wildman–Crippen MR) is 99.5 cm³/mol. The van der Waals surface area contributed by atoms with Crippen LogP contribution in [0.1, 0.15) is 28.8 Å². The van der Waals surface area contributed by atoms with Crippen LogP contribution in [0, 0.1) is 0 Å². The number of nitrogens with two attached hydrogens (primary N) is 1. The van der Waals surface area contributed by atoms with Crippen LogP contribution in [0.25, 0.3) is 0 Å². The van der Waals surface area contributed by atoms with Gasteiger partial charge in [0.25, 0.3) is 11.8 Å². The summed E-state index contributed by atoms with van der Waals surface area (Å²) in [5.74, 6) is -3.20. The van der Waals surface area contributed by atoms with Crippen LogP contribution in [-0.4, -0.2) is 34.8 Å². The number of carbonyl (C=O) groups excluding carboxylic acids is 1. The molecular formula is C18H17Cl2F2N3O2. The van der Waals surface area contributed by atoms with Crippen LogP contribution in [0.5, 0.6) is 5.75 Å². The molecule has 1 amide bonds. The first kappa shape index (κ1) is 19.6. The van der Waals surface area contributed by atoms with Crippen molar-refractivity contribution in [2.24, 2.45) is 0 Å². The maximum absolute atomic E-state index is 13.6. The quantitative estimate of drug-likeness (QED) is 0.801. The van der Waals surface area contributed by atoms with Crippen LogP contribution < -0.4 is 10.5 Å². The molecule has 1 saturated heterocycles. The Morgan fingerprint density at radius 1 is 1.33 bits per heavy atom. The van der Waals surface area contributed by atoms with E-state index in [1.54, 1.807) is 18.2 Å². The lowest BCUT2D eigenvalue weighted by Gasteiger charge is -2.32. The molecule has 0 aliphatic carbocycles. The second-order valence-electron chi connectivity index (χ2n) is 6.28. The number of alkyl halides is 2. The molecule has 27 heavy (non-hydrogen) atoms. The molecule has 144 valence electrons. The summed E-state index contributed by atoms with van der Waals surface area (Å²) in [6, 6.07) is 6.44. The number of nitrogen functional groups attached to an aromatic ring is 1. The largest absolute Gasteiger partial charge is 0.485 e. The van der Waals surface area contributed by atoms with Gasteiger partial charge in [0.2, 0.25) is 0 Å². The van der Waals surface area contributed by atoms with Crippen LogP contribution in [-0.2, 0) is 6.61 Å². The molecule has 9 heteroatoms. The SMILES string of the molecule is Nc1ncc(C(=O)N2CCCC(F)(F)C2)cc1OCc1c(Cl)cccc1Cl. The number of hydrogen-bond donors (Lipinski definition) is 1. The molecule has 1 aromatic carbocycles. The molecule has 1 aliphatic rings. The predicted octanol–water partition coefficient (Wildman–Crippen LogP) is 4.42. The minimum atomic E-state index is -2.88. The summed E-state index contributed by atoms with van der Waals surface area (Å²) in [5.41, 5.74) is 6.49. The average molecular weight is 416 g/mol. The Morgan fingerprint density at radius 3 is 2.70 bits per heavy atom. The summed E-state index contributed by atoms with van der Waals surface area (Å²) in [4.78, 5) is 17.6. The lowest BCUT2D eigenvalue weighted by Crippen LogP contribution is -2.45. The highest BCUT2D eigenvalue weighted by Gasteiger charge is 2.37. The van der Waals surface area contributed by atoms with Gasteiger partial charge >= 0.3 is 0 Å². The molecule has 1 fully saturated rings. The number of rotatable bonds is 4. The molecule has 0 unspecified atom stereocenters. The minimum absolute atomic E-state index is 0.0177. The van der Waals surface area contributed by atoms with Gasteiger partial charge in [-0.1, -0.05) is 29.3 Å². The summed E-state index contributed by atoms with van der Waals surface area (Å²) in [6.45, 7) is -0.324. The normalized spacial score (nSPS) is 16.2. The Kier molecular flexibility index (Phi) is 5.72. The van der Waals surface area contributed by atoms with E-state index in [-0.39, 0.29) is 43.1 Å². The van der Waals surface area contributed by atoms with E-state index in [2.05, 4.69) is 4.98 Å². The number of benzene rings is 1. The summed E-state index contributed by atoms with van der Waals surface area (Å²) in [5, 5.41) is 0.855. The highest BCUT2D eigenvalue weighted by Crippen LogP contribution is 2.30. The molecule has 0 saturated carbocycles. The van der Waals surface area contributed by atoms with Crippen molar-refractivity contribution in [3.05, 3.63) is 51.6 Å². The van der Waals surface area contributed by atoms with Gasteiger partial charge in [-0.05, 0) is 24.6 Å². The molecule has 5 nitrogen and oxygen atoms in total. The highest BCUT2D eigenvalue weighted by atomic mass is 35.5. The van der Waals surface area contributed by atoms with Gasteiger partial charge in [-0.3, -0.25) is 4.79 Å². The molecule has 2 aromatic rings. The van der Waals surface area contributed by atoms with E-state index in [9.17, 15) is 13.6 Å². The van der Waals surface area contributed by atoms with Crippen LogP contribution in [0.4, 0.5) is 14.6 Å². The number of nitrogens with zero attached hydrogens (tertiary/aromatic N) is 2. The summed E-state index contributed by atoms with van der Waals surface area (Å²) in [6.07, 6.45) is 1.28. The number of piperidine rings is 1. The zero-order valence-electron chi connectivity index (χ0n) is 14.2. The Bertz CT molecular complexity index is 844. The van der Waals surface area contributed by atoms with Crippen molar-refractivity contribution in [3.8, 4) is 5.75 Å². The van der Waals surface area contributed by atoms with E-state index in [0.29, 0.717) is 15.6 Å². The highest BCUT2D eigenvalue weighted by molar-refractivity contribution is 6.35. The molecule has 1 aromatic heterocycles. The lowest BCUT2D eigenvalue weighted by molar-refractivity contribution is -0.0560. The van der Waals surface area contributed by atoms with Crippen molar-refractivity contribution >= 4 is 34.9 Å². The van der Waals surface area contributed by atoms with E-state index in [1.807, 2.05) is 0 Å². The fourth-order valence-electron chi connectivity index (χ4n) is 2.83. The van der Waals surface area contributed by atoms with Crippen LogP contribution >= 0.6 is 23.2 Å². The van der Waals surface area contributed by atoms with Crippen molar-refractivity contribution in [1.82, 2.24) is 9.88 Å². The number of halogens is 4. The monoisotopic (exact) mass is 415 g/mol. The number of carbonyl (C=O) groups is 1. The van der Waals surface area contributed by atoms with Crippen molar-refractivity contribution in [2.45, 2.75) is 25.4 Å². The minimum Gasteiger partial charge on any atom is -0.485 e. The lowest BCUT2D eigenvalue weighted by atomic mass is 10.1. The number of hydrogen-bond acceptors (Lipinski definition) is 4. The topological polar surface area (TPSA) is 68.5 Å². The van der Waals surface area contributed by atoms with Crippen molar-refractivity contribution in [2.75, 3.05) is 18.8 Å². The van der Waals surface area contributed by atoms with Crippen LogP contribution in [0.15, 0.2) is 30.5 Å². The third kappa shape index (κ3) is 4.59. The van der Waals surface area contributed by atoms with Gasteiger partial charge in [-0.2, -0.15) is 0 Å². The molecule has 2 heterocycles. The molecule has 3 rings (SSSR count). The van der Waals surface area contributed by atoms with Gasteiger partial charge in [0.15, 0.2) is 11.6 Å². The van der Waals surface area contributed by atoms with Gasteiger partial charge in [0.1, 0.15) is 6.61 Å². The third-order valence-electron chi connectivity index (χ3n) is 4.24. The Labute approximate surface area is 165 Å².